The first-order valence-electron chi connectivity index (χ1n) is 14.3. The van der Waals surface area contributed by atoms with Gasteiger partial charge in [-0.1, -0.05) is 28.9 Å². The van der Waals surface area contributed by atoms with Crippen LogP contribution in [0, 0.1) is 12.8 Å². The Hall–Kier alpha value is -4.98. The van der Waals surface area contributed by atoms with Gasteiger partial charge in [0.05, 0.1) is 6.20 Å². The predicted octanol–water partition coefficient (Wildman–Crippen LogP) is 6.25. The molecule has 0 aliphatic carbocycles. The molecule has 0 saturated carbocycles. The Labute approximate surface area is 266 Å². The molecule has 2 aliphatic heterocycles. The van der Waals surface area contributed by atoms with E-state index < -0.39 is 12.5 Å². The lowest BCUT2D eigenvalue weighted by Gasteiger charge is -2.31. The number of carbonyl (C=O) groups excluding carboxylic acids is 3. The van der Waals surface area contributed by atoms with E-state index in [0.717, 1.165) is 41.0 Å². The summed E-state index contributed by atoms with van der Waals surface area (Å²) in [7, 11) is 0. The van der Waals surface area contributed by atoms with Gasteiger partial charge in [0.25, 0.3) is 5.91 Å². The van der Waals surface area contributed by atoms with Crippen LogP contribution in [0.25, 0.3) is 0 Å². The van der Waals surface area contributed by atoms with Crippen molar-refractivity contribution in [2.45, 2.75) is 38.8 Å². The average Bonchev–Trinajstić information content (AvgIpc) is 3.48. The van der Waals surface area contributed by atoms with Crippen LogP contribution in [0.3, 0.4) is 0 Å². The van der Waals surface area contributed by atoms with Crippen LogP contribution in [0.5, 0.6) is 0 Å². The molecule has 3 N–H and O–H groups in total. The highest BCUT2D eigenvalue weighted by Crippen LogP contribution is 2.30. The van der Waals surface area contributed by atoms with Crippen molar-refractivity contribution in [1.29, 1.82) is 0 Å². The Bertz CT molecular complexity index is 1740. The molecule has 1 saturated heterocycles. The van der Waals surface area contributed by atoms with Crippen LogP contribution >= 0.6 is 11.6 Å². The number of halogens is 4. The molecule has 2 aliphatic rings. The van der Waals surface area contributed by atoms with Crippen molar-refractivity contribution in [3.05, 3.63) is 82.3 Å². The van der Waals surface area contributed by atoms with Gasteiger partial charge >= 0.3 is 6.18 Å². The Kier molecular flexibility index (Phi) is 9.85. The Morgan fingerprint density at radius 2 is 1.80 bits per heavy atom. The standard InChI is InChI=1S/C29H28ClN7O3.C2HF3O/c1-17-13-25(36-40-17)28(39)37-11-9-19(10-12-37)27(38)34-24-8-7-22-15-20(24)6-5-18-3-2-4-21(14-18)33-29-31-16-23(30)26(32-22)35-29;3-2(4,5)1-6/h2-4,7-8,13-16,19H,5-6,9-12H2,1H3,(H,34,38)(H2,31,32,33,35);1H. The molecular weight excluding hydrogens is 627 g/mol. The Morgan fingerprint density at radius 1 is 1.07 bits per heavy atom. The molecular formula is C31H29ClF3N7O4. The van der Waals surface area contributed by atoms with Crippen molar-refractivity contribution < 1.29 is 32.1 Å². The zero-order chi connectivity index (χ0) is 32.8. The van der Waals surface area contributed by atoms with Crippen LogP contribution < -0.4 is 16.0 Å². The number of nitrogens with one attached hydrogen (secondary N) is 3. The molecule has 0 atom stereocenters. The van der Waals surface area contributed by atoms with Crippen molar-refractivity contribution in [2.75, 3.05) is 29.0 Å². The molecule has 2 aromatic carbocycles. The number of aryl methyl sites for hydroxylation is 3. The Balaban J connectivity index is 0.000000635. The van der Waals surface area contributed by atoms with Crippen molar-refractivity contribution in [3.8, 4) is 0 Å². The number of amides is 2. The zero-order valence-corrected chi connectivity index (χ0v) is 25.3. The molecule has 4 aromatic rings. The van der Waals surface area contributed by atoms with E-state index in [4.69, 9.17) is 20.9 Å². The number of piperidine rings is 1. The summed E-state index contributed by atoms with van der Waals surface area (Å²) in [5.41, 5.74) is 4.90. The number of aromatic nitrogens is 3. The first kappa shape index (κ1) is 32.4. The number of aldehydes is 1. The van der Waals surface area contributed by atoms with Crippen molar-refractivity contribution in [2.24, 2.45) is 5.92 Å². The minimum atomic E-state index is -4.64. The highest BCUT2D eigenvalue weighted by molar-refractivity contribution is 6.32. The number of hydrogen-bond donors (Lipinski definition) is 3. The second-order valence-corrected chi connectivity index (χ2v) is 11.2. The maximum Gasteiger partial charge on any atom is 0.446 e. The minimum Gasteiger partial charge on any atom is -0.361 e. The number of benzene rings is 2. The topological polar surface area (TPSA) is 142 Å². The molecule has 1 fully saturated rings. The van der Waals surface area contributed by atoms with Crippen molar-refractivity contribution in [3.63, 3.8) is 0 Å². The molecule has 4 heterocycles. The minimum absolute atomic E-state index is 0.0426. The summed E-state index contributed by atoms with van der Waals surface area (Å²) in [6.07, 6.45) is -1.48. The van der Waals surface area contributed by atoms with Gasteiger partial charge in [-0.2, -0.15) is 18.2 Å². The van der Waals surface area contributed by atoms with Crippen LogP contribution in [0.2, 0.25) is 5.02 Å². The fraction of sp³-hybridized carbons (Fsp3) is 0.290. The second-order valence-electron chi connectivity index (χ2n) is 10.8. The number of hydrogen-bond acceptors (Lipinski definition) is 9. The van der Waals surface area contributed by atoms with Gasteiger partial charge in [-0.3, -0.25) is 14.4 Å². The van der Waals surface area contributed by atoms with Gasteiger partial charge in [0.15, 0.2) is 11.5 Å². The smallest absolute Gasteiger partial charge is 0.361 e. The molecule has 46 heavy (non-hydrogen) atoms. The van der Waals surface area contributed by atoms with E-state index >= 15 is 0 Å². The lowest BCUT2D eigenvalue weighted by molar-refractivity contribution is -0.156. The average molecular weight is 656 g/mol. The third-order valence-corrected chi connectivity index (χ3v) is 7.65. The maximum atomic E-state index is 13.3. The van der Waals surface area contributed by atoms with E-state index in [-0.39, 0.29) is 17.7 Å². The third-order valence-electron chi connectivity index (χ3n) is 7.37. The summed E-state index contributed by atoms with van der Waals surface area (Å²) in [4.78, 5) is 45.3. The monoisotopic (exact) mass is 655 g/mol. The SMILES string of the molecule is Cc1cc(C(=O)N2CCC(C(=O)Nc3ccc4cc3CCc3cccc(c3)Nc3ncc(Cl)c(n3)N4)CC2)no1.O=CC(F)(F)F. The van der Waals surface area contributed by atoms with Crippen LogP contribution in [-0.4, -0.2) is 57.4 Å². The van der Waals surface area contributed by atoms with E-state index in [1.165, 1.54) is 0 Å². The summed E-state index contributed by atoms with van der Waals surface area (Å²) < 4.78 is 36.3. The van der Waals surface area contributed by atoms with Gasteiger partial charge in [-0.15, -0.1) is 0 Å². The summed E-state index contributed by atoms with van der Waals surface area (Å²) in [6, 6.07) is 15.6. The number of rotatable bonds is 3. The fourth-order valence-electron chi connectivity index (χ4n) is 5.07. The zero-order valence-electron chi connectivity index (χ0n) is 24.5. The number of anilines is 5. The molecule has 2 amide bonds. The normalized spacial score (nSPS) is 14.6. The van der Waals surface area contributed by atoms with E-state index in [1.807, 2.05) is 30.3 Å². The van der Waals surface area contributed by atoms with E-state index in [9.17, 15) is 22.8 Å². The largest absolute Gasteiger partial charge is 0.446 e. The van der Waals surface area contributed by atoms with Crippen LogP contribution in [0.4, 0.5) is 42.0 Å². The van der Waals surface area contributed by atoms with Gasteiger partial charge in [-0.25, -0.2) is 4.98 Å². The van der Waals surface area contributed by atoms with E-state index in [0.29, 0.717) is 54.2 Å². The number of nitrogens with zero attached hydrogens (tertiary/aromatic N) is 4. The number of fused-ring (bicyclic) bond motifs is 6. The van der Waals surface area contributed by atoms with Crippen LogP contribution in [-0.2, 0) is 22.4 Å². The summed E-state index contributed by atoms with van der Waals surface area (Å²) in [5, 5.41) is 13.9. The van der Waals surface area contributed by atoms with Gasteiger partial charge in [0, 0.05) is 42.1 Å². The third kappa shape index (κ3) is 8.38. The molecule has 2 aromatic heterocycles. The quantitative estimate of drug-likeness (QED) is 0.218. The van der Waals surface area contributed by atoms with E-state index in [1.54, 1.807) is 24.1 Å². The second kappa shape index (κ2) is 14.0. The molecule has 11 nitrogen and oxygen atoms in total. The molecule has 6 bridgehead atoms. The van der Waals surface area contributed by atoms with E-state index in [2.05, 4.69) is 43.2 Å². The molecule has 15 heteroatoms. The maximum absolute atomic E-state index is 13.3. The highest BCUT2D eigenvalue weighted by atomic mass is 35.5. The first-order valence-corrected chi connectivity index (χ1v) is 14.7. The predicted molar refractivity (Wildman–Crippen MR) is 165 cm³/mol. The molecule has 6 rings (SSSR count). The number of carbonyl (C=O) groups is 3. The fourth-order valence-corrected chi connectivity index (χ4v) is 5.21. The number of likely N-dealkylation sites (tertiary alicyclic amines) is 1. The molecule has 0 unspecified atom stereocenters. The lowest BCUT2D eigenvalue weighted by Crippen LogP contribution is -2.41. The van der Waals surface area contributed by atoms with Crippen molar-refractivity contribution in [1.82, 2.24) is 20.0 Å². The van der Waals surface area contributed by atoms with Crippen molar-refractivity contribution >= 4 is 58.5 Å². The molecule has 240 valence electrons. The van der Waals surface area contributed by atoms with Gasteiger partial charge in [-0.05, 0) is 74.1 Å². The van der Waals surface area contributed by atoms with Crippen LogP contribution in [0.1, 0.15) is 40.2 Å². The van der Waals surface area contributed by atoms with Gasteiger partial charge < -0.3 is 25.4 Å². The first-order chi connectivity index (χ1) is 22.0. The van der Waals surface area contributed by atoms with Gasteiger partial charge in [0.2, 0.25) is 18.1 Å². The molecule has 0 spiro atoms. The van der Waals surface area contributed by atoms with Gasteiger partial charge in [0.1, 0.15) is 10.8 Å². The highest BCUT2D eigenvalue weighted by Gasteiger charge is 2.29. The summed E-state index contributed by atoms with van der Waals surface area (Å²) >= 11 is 6.38. The molecule has 0 radical (unpaired) electrons. The summed E-state index contributed by atoms with van der Waals surface area (Å²) in [5.74, 6) is 1.12. The summed E-state index contributed by atoms with van der Waals surface area (Å²) in [6.45, 7) is 2.73. The van der Waals surface area contributed by atoms with Crippen LogP contribution in [0.15, 0.2) is 59.3 Å². The Morgan fingerprint density at radius 3 is 2.50 bits per heavy atom. The number of alkyl halides is 3. The lowest BCUT2D eigenvalue weighted by atomic mass is 9.95.